The fourth-order valence-corrected chi connectivity index (χ4v) is 3.50. The van der Waals surface area contributed by atoms with Crippen LogP contribution in [0.25, 0.3) is 0 Å². The van der Waals surface area contributed by atoms with Crippen molar-refractivity contribution in [1.29, 1.82) is 0 Å². The van der Waals surface area contributed by atoms with E-state index in [0.29, 0.717) is 13.0 Å². The van der Waals surface area contributed by atoms with Gasteiger partial charge in [-0.3, -0.25) is 4.98 Å². The summed E-state index contributed by atoms with van der Waals surface area (Å²) in [6.07, 6.45) is 7.87. The number of rotatable bonds is 5. The molecule has 0 saturated heterocycles. The molecule has 0 spiro atoms. The van der Waals surface area contributed by atoms with Crippen molar-refractivity contribution in [1.82, 2.24) is 4.98 Å². The summed E-state index contributed by atoms with van der Waals surface area (Å²) < 4.78 is 6.95. The van der Waals surface area contributed by atoms with Gasteiger partial charge in [0.2, 0.25) is 0 Å². The van der Waals surface area contributed by atoms with Crippen LogP contribution >= 0.6 is 15.9 Å². The fraction of sp³-hybridized carbons (Fsp3) is 0.688. The highest BCUT2D eigenvalue weighted by Gasteiger charge is 2.41. The zero-order chi connectivity index (χ0) is 14.6. The number of aliphatic hydroxyl groups excluding tert-OH is 1. The van der Waals surface area contributed by atoms with Gasteiger partial charge in [0.25, 0.3) is 0 Å². The molecule has 1 fully saturated rings. The molecule has 0 aliphatic heterocycles. The van der Waals surface area contributed by atoms with E-state index < -0.39 is 6.10 Å². The molecule has 1 unspecified atom stereocenters. The number of aromatic nitrogens is 1. The topological polar surface area (TPSA) is 42.4 Å². The molecule has 0 amide bonds. The van der Waals surface area contributed by atoms with E-state index >= 15 is 0 Å². The third-order valence-corrected chi connectivity index (χ3v) is 4.78. The summed E-state index contributed by atoms with van der Waals surface area (Å²) in [7, 11) is 0. The van der Waals surface area contributed by atoms with Crippen molar-refractivity contribution in [3.63, 3.8) is 0 Å². The SMILES string of the molecule is CCOC1(C(O)Cc2cncc(Br)c2)CCC(C)CC1. The quantitative estimate of drug-likeness (QED) is 0.887. The van der Waals surface area contributed by atoms with Crippen LogP contribution in [0.5, 0.6) is 0 Å². The molecule has 2 rings (SSSR count). The Kier molecular flexibility index (Phi) is 5.58. The van der Waals surface area contributed by atoms with Gasteiger partial charge in [-0.2, -0.15) is 0 Å². The molecular formula is C16H24BrNO2. The Morgan fingerprint density at radius 1 is 1.45 bits per heavy atom. The first kappa shape index (κ1) is 15.9. The van der Waals surface area contributed by atoms with Gasteiger partial charge in [-0.25, -0.2) is 0 Å². The van der Waals surface area contributed by atoms with E-state index in [1.165, 1.54) is 0 Å². The lowest BCUT2D eigenvalue weighted by molar-refractivity contribution is -0.143. The molecular weight excluding hydrogens is 318 g/mol. The number of halogens is 1. The first-order valence-electron chi connectivity index (χ1n) is 7.47. The van der Waals surface area contributed by atoms with Crippen LogP contribution < -0.4 is 0 Å². The lowest BCUT2D eigenvalue weighted by Gasteiger charge is -2.42. The molecule has 1 aromatic rings. The summed E-state index contributed by atoms with van der Waals surface area (Å²) in [6.45, 7) is 4.94. The van der Waals surface area contributed by atoms with Crippen LogP contribution in [0.2, 0.25) is 0 Å². The summed E-state index contributed by atoms with van der Waals surface area (Å²) in [5.74, 6) is 0.739. The van der Waals surface area contributed by atoms with Gasteiger partial charge in [0.05, 0.1) is 11.7 Å². The predicted molar refractivity (Wildman–Crippen MR) is 83.6 cm³/mol. The van der Waals surface area contributed by atoms with Crippen molar-refractivity contribution >= 4 is 15.9 Å². The third-order valence-electron chi connectivity index (χ3n) is 4.35. The standard InChI is InChI=1S/C16H24BrNO2/c1-3-20-16(6-4-12(2)5-7-16)15(19)9-13-8-14(17)11-18-10-13/h8,10-12,15,19H,3-7,9H2,1-2H3. The van der Waals surface area contributed by atoms with Gasteiger partial charge in [0.1, 0.15) is 0 Å². The third kappa shape index (κ3) is 3.80. The lowest BCUT2D eigenvalue weighted by Crippen LogP contribution is -2.48. The van der Waals surface area contributed by atoms with Gasteiger partial charge in [0.15, 0.2) is 0 Å². The van der Waals surface area contributed by atoms with Crippen molar-refractivity contribution in [3.05, 3.63) is 28.5 Å². The van der Waals surface area contributed by atoms with E-state index in [1.807, 2.05) is 19.2 Å². The molecule has 3 nitrogen and oxygen atoms in total. The predicted octanol–water partition coefficient (Wildman–Crippen LogP) is 3.73. The molecule has 1 heterocycles. The smallest absolute Gasteiger partial charge is 0.0943 e. The monoisotopic (exact) mass is 341 g/mol. The number of nitrogens with zero attached hydrogens (tertiary/aromatic N) is 1. The first-order chi connectivity index (χ1) is 9.55. The summed E-state index contributed by atoms with van der Waals surface area (Å²) in [4.78, 5) is 4.16. The van der Waals surface area contributed by atoms with Crippen molar-refractivity contribution < 1.29 is 9.84 Å². The molecule has 1 saturated carbocycles. The van der Waals surface area contributed by atoms with Crippen molar-refractivity contribution in [2.24, 2.45) is 5.92 Å². The second-order valence-electron chi connectivity index (χ2n) is 5.91. The minimum Gasteiger partial charge on any atom is -0.390 e. The van der Waals surface area contributed by atoms with Crippen molar-refractivity contribution in [2.45, 2.75) is 57.7 Å². The highest BCUT2D eigenvalue weighted by atomic mass is 79.9. The van der Waals surface area contributed by atoms with Crippen LogP contribution in [0.3, 0.4) is 0 Å². The zero-order valence-corrected chi connectivity index (χ0v) is 13.9. The Hall–Kier alpha value is -0.450. The normalized spacial score (nSPS) is 28.3. The van der Waals surface area contributed by atoms with Gasteiger partial charge in [-0.15, -0.1) is 0 Å². The molecule has 1 aromatic heterocycles. The minimum absolute atomic E-state index is 0.371. The molecule has 4 heteroatoms. The highest BCUT2D eigenvalue weighted by molar-refractivity contribution is 9.10. The van der Waals surface area contributed by atoms with Crippen LogP contribution in [0.4, 0.5) is 0 Å². The number of pyridine rings is 1. The Morgan fingerprint density at radius 3 is 2.75 bits per heavy atom. The number of ether oxygens (including phenoxy) is 1. The zero-order valence-electron chi connectivity index (χ0n) is 12.3. The highest BCUT2D eigenvalue weighted by Crippen LogP contribution is 2.38. The van der Waals surface area contributed by atoms with E-state index in [2.05, 4.69) is 27.8 Å². The van der Waals surface area contributed by atoms with Gasteiger partial charge in [0, 0.05) is 29.9 Å². The summed E-state index contributed by atoms with van der Waals surface area (Å²) in [5, 5.41) is 10.7. The molecule has 112 valence electrons. The molecule has 0 bridgehead atoms. The Labute approximate surface area is 129 Å². The Bertz CT molecular complexity index is 430. The maximum absolute atomic E-state index is 10.7. The van der Waals surface area contributed by atoms with Gasteiger partial charge in [-0.05, 0) is 66.1 Å². The fourth-order valence-electron chi connectivity index (χ4n) is 3.09. The van der Waals surface area contributed by atoms with Crippen molar-refractivity contribution in [2.75, 3.05) is 6.61 Å². The number of hydrogen-bond donors (Lipinski definition) is 1. The first-order valence-corrected chi connectivity index (χ1v) is 8.26. The molecule has 0 aromatic carbocycles. The number of aliphatic hydroxyl groups is 1. The van der Waals surface area contributed by atoms with Crippen LogP contribution in [0.15, 0.2) is 22.9 Å². The van der Waals surface area contributed by atoms with Gasteiger partial charge >= 0.3 is 0 Å². The van der Waals surface area contributed by atoms with E-state index in [0.717, 1.165) is 41.6 Å². The van der Waals surface area contributed by atoms with E-state index in [9.17, 15) is 5.11 Å². The lowest BCUT2D eigenvalue weighted by atomic mass is 9.75. The van der Waals surface area contributed by atoms with Crippen LogP contribution in [0.1, 0.15) is 45.1 Å². The molecule has 1 aliphatic rings. The van der Waals surface area contributed by atoms with Gasteiger partial charge in [-0.1, -0.05) is 6.92 Å². The average Bonchev–Trinajstić information content (AvgIpc) is 2.42. The van der Waals surface area contributed by atoms with E-state index in [4.69, 9.17) is 4.74 Å². The largest absolute Gasteiger partial charge is 0.390 e. The van der Waals surface area contributed by atoms with Crippen LogP contribution in [0, 0.1) is 5.92 Å². The molecule has 0 radical (unpaired) electrons. The summed E-state index contributed by atoms with van der Waals surface area (Å²) >= 11 is 3.42. The van der Waals surface area contributed by atoms with Crippen LogP contribution in [-0.4, -0.2) is 28.4 Å². The van der Waals surface area contributed by atoms with E-state index in [1.54, 1.807) is 6.20 Å². The minimum atomic E-state index is -0.467. The van der Waals surface area contributed by atoms with Crippen LogP contribution in [-0.2, 0) is 11.2 Å². The second-order valence-corrected chi connectivity index (χ2v) is 6.83. The van der Waals surface area contributed by atoms with E-state index in [-0.39, 0.29) is 5.60 Å². The second kappa shape index (κ2) is 7.01. The maximum Gasteiger partial charge on any atom is 0.0943 e. The molecule has 1 aliphatic carbocycles. The molecule has 20 heavy (non-hydrogen) atoms. The molecule has 1 N–H and O–H groups in total. The average molecular weight is 342 g/mol. The maximum atomic E-state index is 10.7. The Balaban J connectivity index is 2.09. The van der Waals surface area contributed by atoms with Crippen molar-refractivity contribution in [3.8, 4) is 0 Å². The number of hydrogen-bond acceptors (Lipinski definition) is 3. The summed E-state index contributed by atoms with van der Waals surface area (Å²) in [6, 6.07) is 2.02. The Morgan fingerprint density at radius 2 is 2.15 bits per heavy atom. The van der Waals surface area contributed by atoms with Gasteiger partial charge < -0.3 is 9.84 Å². The molecule has 1 atom stereocenters. The summed E-state index contributed by atoms with van der Waals surface area (Å²) in [5.41, 5.74) is 0.674.